The zero-order valence-corrected chi connectivity index (χ0v) is 33.6. The van der Waals surface area contributed by atoms with Gasteiger partial charge in [-0.2, -0.15) is 18.3 Å². The lowest BCUT2D eigenvalue weighted by Crippen LogP contribution is -2.51. The van der Waals surface area contributed by atoms with Gasteiger partial charge in [0.1, 0.15) is 23.9 Å². The minimum absolute atomic E-state index is 0.00703. The number of nitrogens with two attached hydrogens (primary N) is 1. The lowest BCUT2D eigenvalue weighted by Gasteiger charge is -2.40. The van der Waals surface area contributed by atoms with Gasteiger partial charge in [0, 0.05) is 62.1 Å². The summed E-state index contributed by atoms with van der Waals surface area (Å²) < 4.78 is 62.3. The molecule has 4 atom stereocenters. The first-order valence-electron chi connectivity index (χ1n) is 19.3. The molecule has 0 saturated heterocycles. The summed E-state index contributed by atoms with van der Waals surface area (Å²) in [5.74, 6) is -6.99. The Kier molecular flexibility index (Phi) is 16.0. The number of halogens is 5. The Morgan fingerprint density at radius 3 is 2.23 bits per heavy atom. The van der Waals surface area contributed by atoms with Gasteiger partial charge in [-0.3, -0.25) is 28.9 Å². The summed E-state index contributed by atoms with van der Waals surface area (Å²) in [6, 6.07) is 10.1. The van der Waals surface area contributed by atoms with E-state index in [0.29, 0.717) is 36.9 Å². The van der Waals surface area contributed by atoms with Gasteiger partial charge in [0.2, 0.25) is 17.7 Å². The van der Waals surface area contributed by atoms with Gasteiger partial charge in [0.05, 0.1) is 23.7 Å². The second kappa shape index (κ2) is 20.5. The minimum atomic E-state index is -5.08. The van der Waals surface area contributed by atoms with Crippen LogP contribution in [0.3, 0.4) is 0 Å². The van der Waals surface area contributed by atoms with Crippen LogP contribution in [0.25, 0.3) is 5.69 Å². The fourth-order valence-corrected chi connectivity index (χ4v) is 7.12. The van der Waals surface area contributed by atoms with Gasteiger partial charge in [-0.15, -0.1) is 0 Å². The van der Waals surface area contributed by atoms with E-state index < -0.39 is 83.5 Å². The van der Waals surface area contributed by atoms with Crippen LogP contribution in [0.15, 0.2) is 66.9 Å². The number of carboxylic acids is 1. The van der Waals surface area contributed by atoms with Crippen molar-refractivity contribution in [1.29, 1.82) is 0 Å². The lowest BCUT2D eigenvalue weighted by atomic mass is 9.81. The smallest absolute Gasteiger partial charge is 0.475 e. The molecule has 1 aliphatic carbocycles. The number of amides is 5. The van der Waals surface area contributed by atoms with Crippen molar-refractivity contribution >= 4 is 35.5 Å². The van der Waals surface area contributed by atoms with Gasteiger partial charge >= 0.3 is 12.1 Å². The van der Waals surface area contributed by atoms with Crippen molar-refractivity contribution in [3.05, 3.63) is 95.3 Å². The topological polar surface area (TPSA) is 217 Å². The molecule has 0 bridgehead atoms. The number of rotatable bonds is 15. The van der Waals surface area contributed by atoms with E-state index in [-0.39, 0.29) is 37.6 Å². The van der Waals surface area contributed by atoms with Crippen LogP contribution in [0.2, 0.25) is 0 Å². The van der Waals surface area contributed by atoms with E-state index in [9.17, 15) is 46.6 Å². The molecule has 5 amide bonds. The quantitative estimate of drug-likeness (QED) is 0.111. The normalized spacial score (nSPS) is 17.4. The molecule has 2 aromatic carbocycles. The summed E-state index contributed by atoms with van der Waals surface area (Å²) in [5, 5.41) is 27.6. The van der Waals surface area contributed by atoms with Gasteiger partial charge < -0.3 is 31.5 Å². The van der Waals surface area contributed by atoms with Crippen molar-refractivity contribution in [3.8, 4) is 5.69 Å². The van der Waals surface area contributed by atoms with Crippen LogP contribution in [0, 0.1) is 23.0 Å². The van der Waals surface area contributed by atoms with Gasteiger partial charge in [-0.1, -0.05) is 57.5 Å². The highest BCUT2D eigenvalue weighted by atomic mass is 19.4. The Labute approximate surface area is 347 Å². The largest absolute Gasteiger partial charge is 0.490 e. The van der Waals surface area contributed by atoms with E-state index in [1.54, 1.807) is 6.20 Å². The molecule has 15 nitrogen and oxygen atoms in total. The summed E-state index contributed by atoms with van der Waals surface area (Å²) in [5.41, 5.74) is 7.53. The monoisotopic (exact) mass is 861 g/mol. The number of carbonyl (C=O) groups is 6. The molecule has 6 N–H and O–H groups in total. The fraction of sp³-hybridized carbons (Fsp3) is 0.439. The Morgan fingerprint density at radius 2 is 1.64 bits per heavy atom. The van der Waals surface area contributed by atoms with Crippen LogP contribution in [-0.4, -0.2) is 110 Å². The van der Waals surface area contributed by atoms with Crippen LogP contribution in [0.1, 0.15) is 69.3 Å². The molecule has 0 radical (unpaired) electrons. The number of benzene rings is 2. The average molecular weight is 862 g/mol. The number of alkyl halides is 3. The van der Waals surface area contributed by atoms with Crippen molar-refractivity contribution in [3.63, 3.8) is 0 Å². The Hall–Kier alpha value is -6.02. The molecular weight excluding hydrogens is 813 g/mol. The van der Waals surface area contributed by atoms with E-state index in [4.69, 9.17) is 20.7 Å². The highest BCUT2D eigenvalue weighted by Crippen LogP contribution is 2.40. The number of carboxylic acid groups (broad SMARTS) is 1. The van der Waals surface area contributed by atoms with E-state index in [1.165, 1.54) is 21.7 Å². The summed E-state index contributed by atoms with van der Waals surface area (Å²) in [7, 11) is 0. The molecule has 0 spiro atoms. The highest BCUT2D eigenvalue weighted by molar-refractivity contribution is 6.12. The molecule has 2 aliphatic rings. The van der Waals surface area contributed by atoms with E-state index in [1.807, 2.05) is 51.1 Å². The van der Waals surface area contributed by atoms with Crippen molar-refractivity contribution in [2.75, 3.05) is 26.2 Å². The number of hydrogen-bond acceptors (Lipinski definition) is 9. The third-order valence-corrected chi connectivity index (χ3v) is 10.0. The molecule has 0 unspecified atom stereocenters. The van der Waals surface area contributed by atoms with Crippen LogP contribution >= 0.6 is 0 Å². The molecular formula is C41H48F5N7O8. The van der Waals surface area contributed by atoms with Crippen molar-refractivity contribution in [1.82, 2.24) is 30.2 Å². The van der Waals surface area contributed by atoms with Gasteiger partial charge in [-0.05, 0) is 42.4 Å². The maximum atomic E-state index is 15.0. The Balaban J connectivity index is 0.00000107. The number of aliphatic hydroxyl groups is 1. The van der Waals surface area contributed by atoms with Crippen LogP contribution in [-0.2, 0) is 35.2 Å². The van der Waals surface area contributed by atoms with E-state index in [2.05, 4.69) is 10.6 Å². The molecule has 330 valence electrons. The molecule has 5 rings (SSSR count). The standard InChI is InChI=1S/C39H47F2N7O6.C2HF3O2/c1-39(2,3)36(35-25(20-24-8-5-4-6-9-24)22-48(45-35)31-21-26(40)12-13-28(31)41)47(34(52)23-49)18-16-29(42)38(54)44-30-11-7-10-27(30)37(53)43-17-19-46-32(50)14-15-33(46)51;3-2(4,5)1(6)7/h4-6,8-9,12-15,21-22,27,29-30,36,49H,7,10-11,16-20,23,42H2,1-3H3,(H,43,53)(H,44,54);(H,6,7)/t27-,29+,30+,36+;/m1./s1. The first-order chi connectivity index (χ1) is 28.6. The zero-order valence-electron chi connectivity index (χ0n) is 33.6. The van der Waals surface area contributed by atoms with Crippen molar-refractivity contribution in [2.24, 2.45) is 17.1 Å². The third kappa shape index (κ3) is 12.7. The molecule has 2 heterocycles. The molecule has 3 aromatic rings. The molecule has 61 heavy (non-hydrogen) atoms. The van der Waals surface area contributed by atoms with Crippen molar-refractivity contribution < 1.29 is 60.9 Å². The number of hydrogen-bond donors (Lipinski definition) is 5. The van der Waals surface area contributed by atoms with Crippen LogP contribution in [0.5, 0.6) is 0 Å². The maximum absolute atomic E-state index is 15.0. The molecule has 1 fully saturated rings. The molecule has 1 saturated carbocycles. The number of aliphatic carboxylic acids is 1. The number of carbonyl (C=O) groups excluding carboxylic acids is 5. The number of nitrogens with zero attached hydrogens (tertiary/aromatic N) is 4. The van der Waals surface area contributed by atoms with E-state index >= 15 is 4.39 Å². The number of imide groups is 1. The second-order valence-electron chi connectivity index (χ2n) is 15.6. The minimum Gasteiger partial charge on any atom is -0.475 e. The Bertz CT molecular complexity index is 2090. The second-order valence-corrected chi connectivity index (χ2v) is 15.6. The third-order valence-electron chi connectivity index (χ3n) is 10.0. The average Bonchev–Trinajstić information content (AvgIpc) is 3.92. The number of aromatic nitrogens is 2. The number of nitrogens with one attached hydrogen (secondary N) is 2. The molecule has 1 aliphatic heterocycles. The molecule has 1 aromatic heterocycles. The summed E-state index contributed by atoms with van der Waals surface area (Å²) in [6.45, 7) is 4.87. The number of aliphatic hydroxyl groups excluding tert-OH is 1. The van der Waals surface area contributed by atoms with Crippen LogP contribution < -0.4 is 16.4 Å². The summed E-state index contributed by atoms with van der Waals surface area (Å²) >= 11 is 0. The van der Waals surface area contributed by atoms with Gasteiger partial charge in [0.25, 0.3) is 11.8 Å². The Morgan fingerprint density at radius 1 is 1.00 bits per heavy atom. The zero-order chi connectivity index (χ0) is 45.2. The summed E-state index contributed by atoms with van der Waals surface area (Å²) in [4.78, 5) is 74.9. The van der Waals surface area contributed by atoms with E-state index in [0.717, 1.165) is 28.7 Å². The van der Waals surface area contributed by atoms with Gasteiger partial charge in [-0.25, -0.2) is 18.3 Å². The van der Waals surface area contributed by atoms with Gasteiger partial charge in [0.15, 0.2) is 0 Å². The predicted octanol–water partition coefficient (Wildman–Crippen LogP) is 3.33. The highest BCUT2D eigenvalue weighted by Gasteiger charge is 2.40. The summed E-state index contributed by atoms with van der Waals surface area (Å²) in [6.07, 6.45) is 0.976. The SMILES string of the molecule is CC(C)(C)[C@H](c1nn(-c2cc(F)ccc2F)cc1Cc1ccccc1)N(CC[C@H](N)C(=O)N[C@H]1CCC[C@H]1C(=O)NCCN1C(=O)C=CC1=O)C(=O)CO.O=C(O)C(F)(F)F. The predicted molar refractivity (Wildman–Crippen MR) is 208 cm³/mol. The lowest BCUT2D eigenvalue weighted by molar-refractivity contribution is -0.192. The first kappa shape index (κ1) is 47.7. The molecule has 20 heteroatoms. The van der Waals surface area contributed by atoms with Crippen LogP contribution in [0.4, 0.5) is 22.0 Å². The maximum Gasteiger partial charge on any atom is 0.490 e. The first-order valence-corrected chi connectivity index (χ1v) is 19.3. The van der Waals surface area contributed by atoms with Crippen molar-refractivity contribution in [2.45, 2.75) is 77.2 Å². The fourth-order valence-electron chi connectivity index (χ4n) is 7.12.